The zero-order valence-corrected chi connectivity index (χ0v) is 14.8. The van der Waals surface area contributed by atoms with Crippen molar-refractivity contribution in [2.75, 3.05) is 7.11 Å². The number of rotatable bonds is 6. The van der Waals surface area contributed by atoms with Gasteiger partial charge in [0.1, 0.15) is 17.2 Å². The number of hydrogen-bond acceptors (Lipinski definition) is 4. The van der Waals surface area contributed by atoms with Crippen LogP contribution in [0.1, 0.15) is 28.6 Å². The third kappa shape index (κ3) is 3.09. The van der Waals surface area contributed by atoms with Crippen molar-refractivity contribution in [1.82, 2.24) is 14.7 Å². The second-order valence-corrected chi connectivity index (χ2v) is 6.26. The first-order valence-electron chi connectivity index (χ1n) is 8.58. The molecule has 0 unspecified atom stereocenters. The Labute approximate surface area is 152 Å². The van der Waals surface area contributed by atoms with Gasteiger partial charge in [0.05, 0.1) is 31.3 Å². The summed E-state index contributed by atoms with van der Waals surface area (Å²) in [6, 6.07) is 15.9. The second-order valence-electron chi connectivity index (χ2n) is 6.26. The largest absolute Gasteiger partial charge is 0.496 e. The molecule has 1 aromatic carbocycles. The van der Waals surface area contributed by atoms with Crippen LogP contribution in [0.5, 0.6) is 5.75 Å². The van der Waals surface area contributed by atoms with E-state index in [0.29, 0.717) is 6.54 Å². The number of methoxy groups -OCH3 is 1. The minimum absolute atomic E-state index is 0.114. The van der Waals surface area contributed by atoms with E-state index in [4.69, 9.17) is 9.15 Å². The van der Waals surface area contributed by atoms with Crippen LogP contribution in [0.2, 0.25) is 0 Å². The first-order valence-corrected chi connectivity index (χ1v) is 8.58. The molecule has 0 radical (unpaired) electrons. The zero-order chi connectivity index (χ0) is 17.9. The molecule has 26 heavy (non-hydrogen) atoms. The van der Waals surface area contributed by atoms with Crippen LogP contribution >= 0.6 is 0 Å². The maximum Gasteiger partial charge on any atom is 0.136 e. The van der Waals surface area contributed by atoms with Crippen molar-refractivity contribution >= 4 is 5.65 Å². The molecule has 5 nitrogen and oxygen atoms in total. The minimum atomic E-state index is -0.114. The van der Waals surface area contributed by atoms with Gasteiger partial charge in [-0.25, -0.2) is 4.98 Å². The van der Waals surface area contributed by atoms with Crippen LogP contribution in [-0.4, -0.2) is 16.5 Å². The third-order valence-electron chi connectivity index (χ3n) is 4.50. The molecule has 0 aliphatic rings. The summed E-state index contributed by atoms with van der Waals surface area (Å²) < 4.78 is 13.3. The Balaban J connectivity index is 1.66. The van der Waals surface area contributed by atoms with Crippen LogP contribution in [-0.2, 0) is 6.54 Å². The van der Waals surface area contributed by atoms with Crippen molar-refractivity contribution in [2.45, 2.75) is 19.5 Å². The lowest BCUT2D eigenvalue weighted by Gasteiger charge is -2.19. The molecule has 132 valence electrons. The quantitative estimate of drug-likeness (QED) is 0.570. The van der Waals surface area contributed by atoms with Gasteiger partial charge in [-0.2, -0.15) is 0 Å². The number of para-hydroxylation sites is 1. The Bertz CT molecular complexity index is 1010. The summed E-state index contributed by atoms with van der Waals surface area (Å²) in [5.41, 5.74) is 4.27. The molecule has 3 aromatic heterocycles. The standard InChI is InChI=1S/C21H21N3O2/c1-15-9-10-20-22-12-16(24(20)14-15)13-23-21(19-8-5-11-26-19)17-6-3-4-7-18(17)25-2/h3-12,14,21,23H,13H2,1-2H3/t21-/m1/s1. The summed E-state index contributed by atoms with van der Waals surface area (Å²) in [4.78, 5) is 4.48. The first kappa shape index (κ1) is 16.4. The number of nitrogens with zero attached hydrogens (tertiary/aromatic N) is 2. The predicted octanol–water partition coefficient (Wildman–Crippen LogP) is 4.12. The Kier molecular flexibility index (Phi) is 4.46. The number of nitrogens with one attached hydrogen (secondary N) is 1. The molecule has 4 rings (SSSR count). The smallest absolute Gasteiger partial charge is 0.136 e. The van der Waals surface area contributed by atoms with Gasteiger partial charge >= 0.3 is 0 Å². The van der Waals surface area contributed by atoms with E-state index in [9.17, 15) is 0 Å². The first-order chi connectivity index (χ1) is 12.8. The minimum Gasteiger partial charge on any atom is -0.496 e. The Hall–Kier alpha value is -3.05. The van der Waals surface area contributed by atoms with E-state index in [-0.39, 0.29) is 6.04 Å². The molecule has 3 heterocycles. The molecule has 0 spiro atoms. The third-order valence-corrected chi connectivity index (χ3v) is 4.50. The molecule has 5 heteroatoms. The van der Waals surface area contributed by atoms with Crippen molar-refractivity contribution in [3.63, 3.8) is 0 Å². The van der Waals surface area contributed by atoms with Gasteiger partial charge in [-0.05, 0) is 36.8 Å². The zero-order valence-electron chi connectivity index (χ0n) is 14.8. The van der Waals surface area contributed by atoms with E-state index in [1.165, 1.54) is 5.56 Å². The molecule has 0 aliphatic heterocycles. The number of furan rings is 1. The summed E-state index contributed by atoms with van der Waals surface area (Å²) in [6.45, 7) is 2.73. The molecular formula is C21H21N3O2. The van der Waals surface area contributed by atoms with Gasteiger partial charge in [-0.1, -0.05) is 24.3 Å². The fraction of sp³-hybridized carbons (Fsp3) is 0.190. The Morgan fingerprint density at radius 2 is 2.04 bits per heavy atom. The van der Waals surface area contributed by atoms with Crippen LogP contribution in [0.4, 0.5) is 0 Å². The van der Waals surface area contributed by atoms with Crippen molar-refractivity contribution < 1.29 is 9.15 Å². The Morgan fingerprint density at radius 1 is 1.15 bits per heavy atom. The van der Waals surface area contributed by atoms with Gasteiger partial charge in [0, 0.05) is 18.3 Å². The number of aromatic nitrogens is 2. The number of benzene rings is 1. The number of pyridine rings is 1. The second kappa shape index (κ2) is 7.06. The lowest BCUT2D eigenvalue weighted by molar-refractivity contribution is 0.391. The van der Waals surface area contributed by atoms with E-state index < -0.39 is 0 Å². The average molecular weight is 347 g/mol. The highest BCUT2D eigenvalue weighted by molar-refractivity contribution is 5.42. The number of imidazole rings is 1. The van der Waals surface area contributed by atoms with Gasteiger partial charge in [0.15, 0.2) is 0 Å². The topological polar surface area (TPSA) is 51.7 Å². The average Bonchev–Trinajstić information content (AvgIpc) is 3.33. The van der Waals surface area contributed by atoms with Gasteiger partial charge in [0.25, 0.3) is 0 Å². The normalized spacial score (nSPS) is 12.4. The van der Waals surface area contributed by atoms with Crippen LogP contribution in [0.15, 0.2) is 71.6 Å². The predicted molar refractivity (Wildman–Crippen MR) is 100 cm³/mol. The molecule has 0 saturated heterocycles. The van der Waals surface area contributed by atoms with Crippen LogP contribution in [0.25, 0.3) is 5.65 Å². The van der Waals surface area contributed by atoms with E-state index in [2.05, 4.69) is 40.0 Å². The van der Waals surface area contributed by atoms with Crippen LogP contribution in [0, 0.1) is 6.92 Å². The van der Waals surface area contributed by atoms with Gasteiger partial charge in [-0.15, -0.1) is 0 Å². The van der Waals surface area contributed by atoms with E-state index >= 15 is 0 Å². The van der Waals surface area contributed by atoms with Crippen molar-refractivity contribution in [2.24, 2.45) is 0 Å². The molecule has 4 aromatic rings. The maximum absolute atomic E-state index is 5.69. The fourth-order valence-corrected chi connectivity index (χ4v) is 3.20. The maximum atomic E-state index is 5.69. The highest BCUT2D eigenvalue weighted by Gasteiger charge is 2.20. The summed E-state index contributed by atoms with van der Waals surface area (Å²) in [5, 5.41) is 3.59. The number of ether oxygens (including phenoxy) is 1. The molecule has 1 atom stereocenters. The molecule has 0 fully saturated rings. The van der Waals surface area contributed by atoms with Crippen LogP contribution < -0.4 is 10.1 Å². The molecule has 1 N–H and O–H groups in total. The Morgan fingerprint density at radius 3 is 2.85 bits per heavy atom. The summed E-state index contributed by atoms with van der Waals surface area (Å²) in [7, 11) is 1.69. The van der Waals surface area contributed by atoms with Gasteiger partial charge < -0.3 is 13.6 Å². The fourth-order valence-electron chi connectivity index (χ4n) is 3.20. The highest BCUT2D eigenvalue weighted by Crippen LogP contribution is 2.30. The summed E-state index contributed by atoms with van der Waals surface area (Å²) in [6.07, 6.45) is 5.70. The molecular weight excluding hydrogens is 326 g/mol. The monoisotopic (exact) mass is 347 g/mol. The van der Waals surface area contributed by atoms with Crippen LogP contribution in [0.3, 0.4) is 0 Å². The summed E-state index contributed by atoms with van der Waals surface area (Å²) in [5.74, 6) is 1.68. The van der Waals surface area contributed by atoms with Crippen molar-refractivity contribution in [3.05, 3.63) is 89.8 Å². The van der Waals surface area contributed by atoms with Crippen molar-refractivity contribution in [3.8, 4) is 5.75 Å². The molecule has 0 saturated carbocycles. The molecule has 0 amide bonds. The summed E-state index contributed by atoms with van der Waals surface area (Å²) >= 11 is 0. The van der Waals surface area contributed by atoms with E-state index in [1.807, 2.05) is 42.6 Å². The van der Waals surface area contributed by atoms with Gasteiger partial charge in [-0.3, -0.25) is 5.32 Å². The number of aryl methyl sites for hydroxylation is 1. The number of fused-ring (bicyclic) bond motifs is 1. The van der Waals surface area contributed by atoms with E-state index in [0.717, 1.165) is 28.4 Å². The number of hydrogen-bond donors (Lipinski definition) is 1. The SMILES string of the molecule is COc1ccccc1[C@@H](NCc1cnc2ccc(C)cn12)c1ccco1. The van der Waals surface area contributed by atoms with Gasteiger partial charge in [0.2, 0.25) is 0 Å². The lowest BCUT2D eigenvalue weighted by atomic mass is 10.0. The van der Waals surface area contributed by atoms with Crippen molar-refractivity contribution in [1.29, 1.82) is 0 Å². The van der Waals surface area contributed by atoms with E-state index in [1.54, 1.807) is 13.4 Å². The molecule has 0 bridgehead atoms. The highest BCUT2D eigenvalue weighted by atomic mass is 16.5. The molecule has 0 aliphatic carbocycles. The lowest BCUT2D eigenvalue weighted by Crippen LogP contribution is -2.23.